The Labute approximate surface area is 249 Å². The molecule has 0 aromatic rings. The highest BCUT2D eigenvalue weighted by Crippen LogP contribution is 2.20. The van der Waals surface area contributed by atoms with E-state index in [-0.39, 0.29) is 0 Å². The van der Waals surface area contributed by atoms with Gasteiger partial charge in [-0.2, -0.15) is 0 Å². The summed E-state index contributed by atoms with van der Waals surface area (Å²) >= 11 is 0. The van der Waals surface area contributed by atoms with Gasteiger partial charge in [0.25, 0.3) is 0 Å². The molecule has 0 aliphatic carbocycles. The SMILES string of the molecule is CC(CCCCCCCCCCCCCCCCCC(=O)O)CCCCCCCCCCCCCCCC(=O)O. The molecular weight excluding hydrogens is 496 g/mol. The van der Waals surface area contributed by atoms with Crippen molar-refractivity contribution in [3.63, 3.8) is 0 Å². The Kier molecular flexibility index (Phi) is 31.6. The Bertz CT molecular complexity index is 533. The second-order valence-electron chi connectivity index (χ2n) is 12.9. The van der Waals surface area contributed by atoms with E-state index in [0.717, 1.165) is 31.6 Å². The largest absolute Gasteiger partial charge is 0.481 e. The van der Waals surface area contributed by atoms with E-state index < -0.39 is 11.9 Å². The van der Waals surface area contributed by atoms with Crippen LogP contribution in [0.5, 0.6) is 0 Å². The maximum atomic E-state index is 10.5. The van der Waals surface area contributed by atoms with Gasteiger partial charge >= 0.3 is 11.9 Å². The second-order valence-corrected chi connectivity index (χ2v) is 12.9. The first-order chi connectivity index (χ1) is 19.5. The normalized spacial score (nSPS) is 12.1. The number of rotatable bonds is 34. The Morgan fingerprint density at radius 1 is 0.350 bits per heavy atom. The van der Waals surface area contributed by atoms with Gasteiger partial charge < -0.3 is 10.2 Å². The zero-order valence-electron chi connectivity index (χ0n) is 26.9. The van der Waals surface area contributed by atoms with Crippen LogP contribution in [-0.2, 0) is 9.59 Å². The van der Waals surface area contributed by atoms with E-state index in [1.165, 1.54) is 167 Å². The highest BCUT2D eigenvalue weighted by molar-refractivity contribution is 5.66. The highest BCUT2D eigenvalue weighted by atomic mass is 16.4. The summed E-state index contributed by atoms with van der Waals surface area (Å²) in [5.74, 6) is -0.399. The average molecular weight is 567 g/mol. The Morgan fingerprint density at radius 2 is 0.525 bits per heavy atom. The van der Waals surface area contributed by atoms with Gasteiger partial charge in [0.1, 0.15) is 0 Å². The first kappa shape index (κ1) is 38.9. The maximum absolute atomic E-state index is 10.5. The highest BCUT2D eigenvalue weighted by Gasteiger charge is 2.03. The summed E-state index contributed by atoms with van der Waals surface area (Å²) in [5.41, 5.74) is 0. The lowest BCUT2D eigenvalue weighted by Gasteiger charge is -2.11. The molecule has 0 amide bonds. The number of hydrogen-bond donors (Lipinski definition) is 2. The van der Waals surface area contributed by atoms with Crippen molar-refractivity contribution in [1.82, 2.24) is 0 Å². The molecule has 238 valence electrons. The molecule has 0 spiro atoms. The molecule has 4 heteroatoms. The number of carboxylic acids is 2. The second kappa shape index (κ2) is 32.5. The van der Waals surface area contributed by atoms with Crippen LogP contribution in [0.3, 0.4) is 0 Å². The Hall–Kier alpha value is -1.06. The van der Waals surface area contributed by atoms with Gasteiger partial charge in [-0.3, -0.25) is 9.59 Å². The van der Waals surface area contributed by atoms with Crippen LogP contribution in [0.4, 0.5) is 0 Å². The van der Waals surface area contributed by atoms with Crippen LogP contribution in [0, 0.1) is 5.92 Å². The maximum Gasteiger partial charge on any atom is 0.303 e. The third-order valence-electron chi connectivity index (χ3n) is 8.68. The smallest absolute Gasteiger partial charge is 0.303 e. The van der Waals surface area contributed by atoms with Gasteiger partial charge in [0.15, 0.2) is 0 Å². The molecular formula is C36H70O4. The van der Waals surface area contributed by atoms with Crippen molar-refractivity contribution < 1.29 is 19.8 Å². The molecule has 1 atom stereocenters. The fourth-order valence-corrected chi connectivity index (χ4v) is 5.93. The van der Waals surface area contributed by atoms with Crippen LogP contribution in [0.1, 0.15) is 212 Å². The third kappa shape index (κ3) is 35.0. The fourth-order valence-electron chi connectivity index (χ4n) is 5.93. The van der Waals surface area contributed by atoms with Crippen molar-refractivity contribution >= 4 is 11.9 Å². The molecule has 0 fully saturated rings. The molecule has 2 N–H and O–H groups in total. The molecule has 0 saturated heterocycles. The zero-order valence-corrected chi connectivity index (χ0v) is 26.9. The fraction of sp³-hybridized carbons (Fsp3) is 0.944. The number of aliphatic carboxylic acids is 2. The molecule has 0 bridgehead atoms. The quantitative estimate of drug-likeness (QED) is 0.0759. The van der Waals surface area contributed by atoms with Crippen LogP contribution < -0.4 is 0 Å². The van der Waals surface area contributed by atoms with E-state index >= 15 is 0 Å². The summed E-state index contributed by atoms with van der Waals surface area (Å²) in [5, 5.41) is 17.3. The topological polar surface area (TPSA) is 74.6 Å². The van der Waals surface area contributed by atoms with Gasteiger partial charge in [0.2, 0.25) is 0 Å². The van der Waals surface area contributed by atoms with Crippen LogP contribution in [0.25, 0.3) is 0 Å². The number of carboxylic acid groups (broad SMARTS) is 2. The van der Waals surface area contributed by atoms with Crippen molar-refractivity contribution in [2.24, 2.45) is 5.92 Å². The lowest BCUT2D eigenvalue weighted by Crippen LogP contribution is -1.95. The average Bonchev–Trinajstić information content (AvgIpc) is 2.92. The van der Waals surface area contributed by atoms with Crippen LogP contribution >= 0.6 is 0 Å². The van der Waals surface area contributed by atoms with Crippen LogP contribution in [0.15, 0.2) is 0 Å². The van der Waals surface area contributed by atoms with Crippen LogP contribution in [-0.4, -0.2) is 22.2 Å². The molecule has 0 aliphatic rings. The summed E-state index contributed by atoms with van der Waals surface area (Å²) in [7, 11) is 0. The number of unbranched alkanes of at least 4 members (excludes halogenated alkanes) is 26. The minimum absolute atomic E-state index is 0.338. The zero-order chi connectivity index (χ0) is 29.4. The Morgan fingerprint density at radius 3 is 0.725 bits per heavy atom. The molecule has 0 rings (SSSR count). The molecule has 0 aromatic heterocycles. The molecule has 0 aliphatic heterocycles. The predicted octanol–water partition coefficient (Wildman–Crippen LogP) is 12.3. The molecule has 0 saturated carbocycles. The molecule has 0 aromatic carbocycles. The van der Waals surface area contributed by atoms with Gasteiger partial charge in [0.05, 0.1) is 0 Å². The number of hydrogen-bond acceptors (Lipinski definition) is 2. The van der Waals surface area contributed by atoms with Crippen LogP contribution in [0.2, 0.25) is 0 Å². The van der Waals surface area contributed by atoms with Crippen molar-refractivity contribution in [2.45, 2.75) is 212 Å². The monoisotopic (exact) mass is 567 g/mol. The molecule has 0 radical (unpaired) electrons. The Balaban J connectivity index is 3.16. The van der Waals surface area contributed by atoms with E-state index in [2.05, 4.69) is 6.92 Å². The minimum atomic E-state index is -0.655. The molecule has 1 unspecified atom stereocenters. The van der Waals surface area contributed by atoms with Gasteiger partial charge in [0, 0.05) is 12.8 Å². The summed E-state index contributed by atoms with van der Waals surface area (Å²) in [6.07, 6.45) is 40.4. The summed E-state index contributed by atoms with van der Waals surface area (Å²) in [6, 6.07) is 0. The lowest BCUT2D eigenvalue weighted by atomic mass is 9.95. The first-order valence-electron chi connectivity index (χ1n) is 18.0. The molecule has 40 heavy (non-hydrogen) atoms. The standard InChI is InChI=1S/C36H70O4/c1-34(31-27-23-19-15-11-7-5-9-13-17-21-25-29-33-36(39)40)30-26-22-18-14-10-6-3-2-4-8-12-16-20-24-28-32-35(37)38/h34H,2-33H2,1H3,(H,37,38)(H,39,40). The van der Waals surface area contributed by atoms with Crippen molar-refractivity contribution in [3.05, 3.63) is 0 Å². The van der Waals surface area contributed by atoms with E-state index in [1.54, 1.807) is 0 Å². The number of carbonyl (C=O) groups is 2. The van der Waals surface area contributed by atoms with Gasteiger partial charge in [-0.05, 0) is 18.8 Å². The first-order valence-corrected chi connectivity index (χ1v) is 18.0. The van der Waals surface area contributed by atoms with Crippen molar-refractivity contribution in [2.75, 3.05) is 0 Å². The molecule has 0 heterocycles. The van der Waals surface area contributed by atoms with E-state index in [4.69, 9.17) is 10.2 Å². The van der Waals surface area contributed by atoms with Gasteiger partial charge in [-0.15, -0.1) is 0 Å². The van der Waals surface area contributed by atoms with Crippen molar-refractivity contribution in [1.29, 1.82) is 0 Å². The summed E-state index contributed by atoms with van der Waals surface area (Å²) in [4.78, 5) is 21.0. The van der Waals surface area contributed by atoms with Gasteiger partial charge in [-0.25, -0.2) is 0 Å². The predicted molar refractivity (Wildman–Crippen MR) is 172 cm³/mol. The van der Waals surface area contributed by atoms with E-state index in [1.807, 2.05) is 0 Å². The van der Waals surface area contributed by atoms with E-state index in [9.17, 15) is 9.59 Å². The van der Waals surface area contributed by atoms with Gasteiger partial charge in [-0.1, -0.05) is 187 Å². The minimum Gasteiger partial charge on any atom is -0.481 e. The van der Waals surface area contributed by atoms with E-state index in [0.29, 0.717) is 12.8 Å². The van der Waals surface area contributed by atoms with Crippen molar-refractivity contribution in [3.8, 4) is 0 Å². The summed E-state index contributed by atoms with van der Waals surface area (Å²) in [6.45, 7) is 2.46. The third-order valence-corrected chi connectivity index (χ3v) is 8.68. The summed E-state index contributed by atoms with van der Waals surface area (Å²) < 4.78 is 0. The molecule has 4 nitrogen and oxygen atoms in total. The lowest BCUT2D eigenvalue weighted by molar-refractivity contribution is -0.138.